The lowest BCUT2D eigenvalue weighted by atomic mass is 9.84. The number of ether oxygens (including phenoxy) is 1. The zero-order valence-electron chi connectivity index (χ0n) is 16.4. The third-order valence-electron chi connectivity index (χ3n) is 5.64. The zero-order chi connectivity index (χ0) is 18.2. The van der Waals surface area contributed by atoms with Gasteiger partial charge in [0.05, 0.1) is 6.54 Å². The molecule has 3 rings (SSSR count). The highest BCUT2D eigenvalue weighted by atomic mass is 16.5. The van der Waals surface area contributed by atoms with E-state index in [1.807, 2.05) is 0 Å². The van der Waals surface area contributed by atoms with Crippen LogP contribution in [0.2, 0.25) is 0 Å². The first-order valence-electron chi connectivity index (χ1n) is 10.4. The Morgan fingerprint density at radius 2 is 1.62 bits per heavy atom. The molecule has 0 aliphatic heterocycles. The molecule has 1 aliphatic carbocycles. The summed E-state index contributed by atoms with van der Waals surface area (Å²) in [4.78, 5) is 2.39. The van der Waals surface area contributed by atoms with Crippen LogP contribution in [0.4, 0.5) is 5.69 Å². The highest BCUT2D eigenvalue weighted by Crippen LogP contribution is 2.33. The molecule has 1 saturated carbocycles. The fourth-order valence-electron chi connectivity index (χ4n) is 4.00. The molecule has 0 amide bonds. The molecule has 1 fully saturated rings. The summed E-state index contributed by atoms with van der Waals surface area (Å²) in [5.41, 5.74) is 2.76. The van der Waals surface area contributed by atoms with Gasteiger partial charge in [0.2, 0.25) is 0 Å². The van der Waals surface area contributed by atoms with Gasteiger partial charge in [0.1, 0.15) is 11.9 Å². The fourth-order valence-corrected chi connectivity index (χ4v) is 4.00. The van der Waals surface area contributed by atoms with Crippen molar-refractivity contribution in [2.24, 2.45) is 0 Å². The summed E-state index contributed by atoms with van der Waals surface area (Å²) < 4.78 is 6.32. The molecule has 0 bridgehead atoms. The largest absolute Gasteiger partial charge is 0.489 e. The van der Waals surface area contributed by atoms with Crippen molar-refractivity contribution in [2.45, 2.75) is 64.4 Å². The van der Waals surface area contributed by atoms with Crippen LogP contribution in [0.15, 0.2) is 54.6 Å². The highest BCUT2D eigenvalue weighted by molar-refractivity contribution is 5.46. The molecule has 1 unspecified atom stereocenters. The summed E-state index contributed by atoms with van der Waals surface area (Å²) in [6.45, 7) is 6.32. The average Bonchev–Trinajstić information content (AvgIpc) is 2.73. The molecule has 2 heteroatoms. The van der Waals surface area contributed by atoms with Gasteiger partial charge in [-0.3, -0.25) is 0 Å². The molecule has 0 heterocycles. The Bertz CT molecular complexity index is 631. The SMILES string of the molecule is CCC(CN(CC)c1ccccc1)Oc1ccc(C2CCCCC2)cc1. The molecular weight excluding hydrogens is 318 g/mol. The Hall–Kier alpha value is -1.96. The van der Waals surface area contributed by atoms with Crippen LogP contribution in [0.1, 0.15) is 63.9 Å². The third kappa shape index (κ3) is 5.03. The van der Waals surface area contributed by atoms with Crippen LogP contribution in [0.25, 0.3) is 0 Å². The third-order valence-corrected chi connectivity index (χ3v) is 5.64. The Balaban J connectivity index is 1.60. The molecule has 140 valence electrons. The van der Waals surface area contributed by atoms with Gasteiger partial charge in [-0.1, -0.05) is 56.5 Å². The number of nitrogens with zero attached hydrogens (tertiary/aromatic N) is 1. The second-order valence-corrected chi connectivity index (χ2v) is 7.43. The van der Waals surface area contributed by atoms with Crippen molar-refractivity contribution in [3.63, 3.8) is 0 Å². The summed E-state index contributed by atoms with van der Waals surface area (Å²) >= 11 is 0. The first-order valence-corrected chi connectivity index (χ1v) is 10.4. The molecule has 0 N–H and O–H groups in total. The van der Waals surface area contributed by atoms with Crippen molar-refractivity contribution in [1.29, 1.82) is 0 Å². The van der Waals surface area contributed by atoms with E-state index >= 15 is 0 Å². The predicted octanol–water partition coefficient (Wildman–Crippen LogP) is 6.42. The number of hydrogen-bond acceptors (Lipinski definition) is 2. The maximum atomic E-state index is 6.32. The standard InChI is InChI=1S/C24H33NO/c1-3-23(19-25(4-2)22-13-9-6-10-14-22)26-24-17-15-21(16-18-24)20-11-7-5-8-12-20/h6,9-10,13-18,20,23H,3-5,7-8,11-12,19H2,1-2H3. The van der Waals surface area contributed by atoms with Crippen LogP contribution in [-0.2, 0) is 0 Å². The van der Waals surface area contributed by atoms with E-state index in [0.717, 1.165) is 31.2 Å². The lowest BCUT2D eigenvalue weighted by molar-refractivity contribution is 0.202. The van der Waals surface area contributed by atoms with Gasteiger partial charge in [-0.25, -0.2) is 0 Å². The summed E-state index contributed by atoms with van der Waals surface area (Å²) in [6, 6.07) is 19.5. The number of hydrogen-bond donors (Lipinski definition) is 0. The second-order valence-electron chi connectivity index (χ2n) is 7.43. The molecule has 2 aromatic rings. The minimum absolute atomic E-state index is 0.204. The van der Waals surface area contributed by atoms with Gasteiger partial charge in [-0.05, 0) is 61.9 Å². The molecule has 0 saturated heterocycles. The Morgan fingerprint density at radius 3 is 2.23 bits per heavy atom. The van der Waals surface area contributed by atoms with Crippen molar-refractivity contribution < 1.29 is 4.74 Å². The molecule has 1 atom stereocenters. The van der Waals surface area contributed by atoms with Crippen LogP contribution in [0.5, 0.6) is 5.75 Å². The smallest absolute Gasteiger partial charge is 0.119 e. The van der Waals surface area contributed by atoms with E-state index in [0.29, 0.717) is 0 Å². The summed E-state index contributed by atoms with van der Waals surface area (Å²) in [5, 5.41) is 0. The van der Waals surface area contributed by atoms with E-state index in [1.54, 1.807) is 0 Å². The zero-order valence-corrected chi connectivity index (χ0v) is 16.4. The molecule has 0 radical (unpaired) electrons. The van der Waals surface area contributed by atoms with Crippen LogP contribution in [-0.4, -0.2) is 19.2 Å². The van der Waals surface area contributed by atoms with Gasteiger partial charge in [-0.15, -0.1) is 0 Å². The summed E-state index contributed by atoms with van der Waals surface area (Å²) in [7, 11) is 0. The summed E-state index contributed by atoms with van der Waals surface area (Å²) in [6.07, 6.45) is 8.08. The quantitative estimate of drug-likeness (QED) is 0.544. The molecule has 0 spiro atoms. The van der Waals surface area contributed by atoms with E-state index < -0.39 is 0 Å². The number of benzene rings is 2. The average molecular weight is 352 g/mol. The molecule has 1 aliphatic rings. The minimum Gasteiger partial charge on any atom is -0.489 e. The Morgan fingerprint density at radius 1 is 0.923 bits per heavy atom. The van der Waals surface area contributed by atoms with E-state index in [4.69, 9.17) is 4.74 Å². The highest BCUT2D eigenvalue weighted by Gasteiger charge is 2.17. The first kappa shape index (κ1) is 18.8. The lowest BCUT2D eigenvalue weighted by Gasteiger charge is -2.28. The second kappa shape index (κ2) is 9.66. The van der Waals surface area contributed by atoms with E-state index in [9.17, 15) is 0 Å². The molecule has 0 aromatic heterocycles. The number of anilines is 1. The van der Waals surface area contributed by atoms with Crippen LogP contribution >= 0.6 is 0 Å². The van der Waals surface area contributed by atoms with Crippen molar-refractivity contribution in [1.82, 2.24) is 0 Å². The van der Waals surface area contributed by atoms with Crippen molar-refractivity contribution in [2.75, 3.05) is 18.0 Å². The van der Waals surface area contributed by atoms with Gasteiger partial charge in [-0.2, -0.15) is 0 Å². The molecule has 2 nitrogen and oxygen atoms in total. The topological polar surface area (TPSA) is 12.5 Å². The fraction of sp³-hybridized carbons (Fsp3) is 0.500. The predicted molar refractivity (Wildman–Crippen MR) is 111 cm³/mol. The van der Waals surface area contributed by atoms with Crippen LogP contribution < -0.4 is 9.64 Å². The van der Waals surface area contributed by atoms with Gasteiger partial charge in [0.25, 0.3) is 0 Å². The minimum atomic E-state index is 0.204. The molecular formula is C24H33NO. The van der Waals surface area contributed by atoms with E-state index in [1.165, 1.54) is 43.4 Å². The number of rotatable bonds is 8. The van der Waals surface area contributed by atoms with Crippen LogP contribution in [0.3, 0.4) is 0 Å². The van der Waals surface area contributed by atoms with Gasteiger partial charge >= 0.3 is 0 Å². The molecule has 2 aromatic carbocycles. The monoisotopic (exact) mass is 351 g/mol. The number of para-hydroxylation sites is 1. The van der Waals surface area contributed by atoms with E-state index in [-0.39, 0.29) is 6.10 Å². The van der Waals surface area contributed by atoms with Gasteiger partial charge in [0, 0.05) is 12.2 Å². The van der Waals surface area contributed by atoms with Crippen molar-refractivity contribution >= 4 is 5.69 Å². The normalized spacial score (nSPS) is 16.2. The summed E-state index contributed by atoms with van der Waals surface area (Å²) in [5.74, 6) is 1.76. The number of likely N-dealkylation sites (N-methyl/N-ethyl adjacent to an activating group) is 1. The lowest BCUT2D eigenvalue weighted by Crippen LogP contribution is -2.35. The van der Waals surface area contributed by atoms with Gasteiger partial charge < -0.3 is 9.64 Å². The van der Waals surface area contributed by atoms with Gasteiger partial charge in [0.15, 0.2) is 0 Å². The Labute approximate surface area is 159 Å². The van der Waals surface area contributed by atoms with Crippen molar-refractivity contribution in [3.05, 3.63) is 60.2 Å². The maximum absolute atomic E-state index is 6.32. The maximum Gasteiger partial charge on any atom is 0.119 e. The van der Waals surface area contributed by atoms with E-state index in [2.05, 4.69) is 73.3 Å². The molecule has 26 heavy (non-hydrogen) atoms. The Kier molecular flexibility index (Phi) is 6.99. The van der Waals surface area contributed by atoms with Crippen molar-refractivity contribution in [3.8, 4) is 5.75 Å². The first-order chi connectivity index (χ1) is 12.8. The van der Waals surface area contributed by atoms with Crippen LogP contribution in [0, 0.1) is 0 Å².